The van der Waals surface area contributed by atoms with Crippen molar-refractivity contribution in [3.05, 3.63) is 59.5 Å². The number of furan rings is 1. The summed E-state index contributed by atoms with van der Waals surface area (Å²) in [7, 11) is 0. The SMILES string of the molecule is Cc1ccccc1C(=O)N1[C@@H](C(=O)[O-])COC12CCN(C(=O)c1ccco1)CC2. The average Bonchev–Trinajstić information content (AvgIpc) is 3.37. The van der Waals surface area contributed by atoms with Crippen molar-refractivity contribution in [2.45, 2.75) is 31.5 Å². The molecule has 0 aliphatic carbocycles. The quantitative estimate of drug-likeness (QED) is 0.759. The zero-order valence-electron chi connectivity index (χ0n) is 16.0. The minimum absolute atomic E-state index is 0.133. The van der Waals surface area contributed by atoms with E-state index in [0.29, 0.717) is 31.5 Å². The van der Waals surface area contributed by atoms with E-state index in [2.05, 4.69) is 0 Å². The fourth-order valence-electron chi connectivity index (χ4n) is 4.11. The van der Waals surface area contributed by atoms with E-state index in [1.54, 1.807) is 42.2 Å². The molecule has 0 saturated carbocycles. The van der Waals surface area contributed by atoms with E-state index in [1.807, 2.05) is 6.07 Å². The topological polar surface area (TPSA) is 103 Å². The summed E-state index contributed by atoms with van der Waals surface area (Å²) in [5.74, 6) is -1.75. The van der Waals surface area contributed by atoms with Crippen LogP contribution in [0.15, 0.2) is 47.1 Å². The molecule has 0 bridgehead atoms. The van der Waals surface area contributed by atoms with Crippen LogP contribution in [-0.4, -0.2) is 59.0 Å². The molecule has 3 heterocycles. The maximum atomic E-state index is 13.3. The summed E-state index contributed by atoms with van der Waals surface area (Å²) < 4.78 is 11.1. The Kier molecular flexibility index (Phi) is 4.87. The Morgan fingerprint density at radius 2 is 1.79 bits per heavy atom. The van der Waals surface area contributed by atoms with Crippen molar-refractivity contribution >= 4 is 17.8 Å². The molecule has 1 aromatic heterocycles. The first kappa shape index (κ1) is 19.2. The Balaban J connectivity index is 1.59. The van der Waals surface area contributed by atoms with E-state index >= 15 is 0 Å². The van der Waals surface area contributed by atoms with Crippen molar-refractivity contribution < 1.29 is 28.6 Å². The third-order valence-corrected chi connectivity index (χ3v) is 5.69. The normalized spacial score (nSPS) is 20.8. The molecular weight excluding hydrogens is 376 g/mol. The number of amides is 2. The van der Waals surface area contributed by atoms with Crippen LogP contribution >= 0.6 is 0 Å². The minimum Gasteiger partial charge on any atom is -0.548 e. The van der Waals surface area contributed by atoms with Crippen LogP contribution in [0.3, 0.4) is 0 Å². The summed E-state index contributed by atoms with van der Waals surface area (Å²) in [6.07, 6.45) is 2.05. The first-order chi connectivity index (χ1) is 13.9. The number of aliphatic carboxylic acids is 1. The lowest BCUT2D eigenvalue weighted by atomic mass is 9.96. The van der Waals surface area contributed by atoms with Crippen LogP contribution in [-0.2, 0) is 9.53 Å². The number of aryl methyl sites for hydroxylation is 1. The number of nitrogens with zero attached hydrogens (tertiary/aromatic N) is 2. The van der Waals surface area contributed by atoms with Crippen molar-refractivity contribution in [3.8, 4) is 0 Å². The zero-order valence-corrected chi connectivity index (χ0v) is 16.0. The van der Waals surface area contributed by atoms with Gasteiger partial charge in [-0.15, -0.1) is 0 Å². The summed E-state index contributed by atoms with van der Waals surface area (Å²) in [6.45, 7) is 2.30. The van der Waals surface area contributed by atoms with Gasteiger partial charge in [0.15, 0.2) is 5.76 Å². The lowest BCUT2D eigenvalue weighted by molar-refractivity contribution is -0.310. The zero-order chi connectivity index (χ0) is 20.6. The predicted molar refractivity (Wildman–Crippen MR) is 98.7 cm³/mol. The van der Waals surface area contributed by atoms with E-state index in [0.717, 1.165) is 5.56 Å². The van der Waals surface area contributed by atoms with E-state index < -0.39 is 23.6 Å². The first-order valence-electron chi connectivity index (χ1n) is 9.50. The smallest absolute Gasteiger partial charge is 0.289 e. The van der Waals surface area contributed by atoms with Gasteiger partial charge >= 0.3 is 0 Å². The summed E-state index contributed by atoms with van der Waals surface area (Å²) in [5.41, 5.74) is 0.101. The Bertz CT molecular complexity index is 930. The first-order valence-corrected chi connectivity index (χ1v) is 9.50. The Morgan fingerprint density at radius 3 is 2.41 bits per heavy atom. The Labute approximate surface area is 167 Å². The monoisotopic (exact) mass is 397 g/mol. The molecule has 2 aromatic rings. The molecule has 0 N–H and O–H groups in total. The molecule has 8 nitrogen and oxygen atoms in total. The highest BCUT2D eigenvalue weighted by molar-refractivity contribution is 5.98. The van der Waals surface area contributed by atoms with Gasteiger partial charge in [-0.25, -0.2) is 0 Å². The fourth-order valence-corrected chi connectivity index (χ4v) is 4.11. The molecule has 2 fully saturated rings. The highest BCUT2D eigenvalue weighted by atomic mass is 16.5. The maximum absolute atomic E-state index is 13.3. The van der Waals surface area contributed by atoms with Crippen LogP contribution in [0.1, 0.15) is 39.3 Å². The molecule has 2 saturated heterocycles. The van der Waals surface area contributed by atoms with Crippen molar-refractivity contribution in [1.29, 1.82) is 0 Å². The van der Waals surface area contributed by atoms with Crippen LogP contribution in [0.5, 0.6) is 0 Å². The number of hydrogen-bond acceptors (Lipinski definition) is 6. The van der Waals surface area contributed by atoms with E-state index in [9.17, 15) is 19.5 Å². The molecule has 1 atom stereocenters. The van der Waals surface area contributed by atoms with Crippen molar-refractivity contribution in [1.82, 2.24) is 9.80 Å². The summed E-state index contributed by atoms with van der Waals surface area (Å²) in [5, 5.41) is 11.7. The number of piperidine rings is 1. The van der Waals surface area contributed by atoms with E-state index in [4.69, 9.17) is 9.15 Å². The van der Waals surface area contributed by atoms with Gasteiger partial charge in [0.2, 0.25) is 0 Å². The van der Waals surface area contributed by atoms with Gasteiger partial charge in [0.1, 0.15) is 5.72 Å². The number of hydrogen-bond donors (Lipinski definition) is 0. The molecule has 2 aliphatic rings. The second kappa shape index (κ2) is 7.36. The fraction of sp³-hybridized carbons (Fsp3) is 0.381. The van der Waals surface area contributed by atoms with Crippen LogP contribution in [0.4, 0.5) is 0 Å². The number of carbonyl (C=O) groups is 3. The van der Waals surface area contributed by atoms with Gasteiger partial charge in [-0.2, -0.15) is 0 Å². The van der Waals surface area contributed by atoms with E-state index in [1.165, 1.54) is 11.2 Å². The summed E-state index contributed by atoms with van der Waals surface area (Å²) >= 11 is 0. The molecular formula is C21H21N2O6-. The van der Waals surface area contributed by atoms with Crippen molar-refractivity contribution in [2.24, 2.45) is 0 Å². The van der Waals surface area contributed by atoms with Gasteiger partial charge in [-0.3, -0.25) is 14.5 Å². The van der Waals surface area contributed by atoms with Gasteiger partial charge < -0.3 is 24.0 Å². The highest BCUT2D eigenvalue weighted by Gasteiger charge is 2.52. The third kappa shape index (κ3) is 3.29. The summed E-state index contributed by atoms with van der Waals surface area (Å²) in [6, 6.07) is 9.10. The second-order valence-corrected chi connectivity index (χ2v) is 7.35. The van der Waals surface area contributed by atoms with E-state index in [-0.39, 0.29) is 18.3 Å². The third-order valence-electron chi connectivity index (χ3n) is 5.69. The predicted octanol–water partition coefficient (Wildman–Crippen LogP) is 0.811. The Hall–Kier alpha value is -3.13. The number of ether oxygens (including phenoxy) is 1. The summed E-state index contributed by atoms with van der Waals surface area (Å²) in [4.78, 5) is 40.5. The van der Waals surface area contributed by atoms with Crippen LogP contribution in [0, 0.1) is 6.92 Å². The maximum Gasteiger partial charge on any atom is 0.289 e. The van der Waals surface area contributed by atoms with Gasteiger partial charge in [-0.05, 0) is 30.7 Å². The average molecular weight is 397 g/mol. The molecule has 2 amide bonds. The molecule has 2 aliphatic heterocycles. The van der Waals surface area contributed by atoms with Crippen molar-refractivity contribution in [3.63, 3.8) is 0 Å². The minimum atomic E-state index is -1.35. The van der Waals surface area contributed by atoms with Crippen LogP contribution in [0.2, 0.25) is 0 Å². The lowest BCUT2D eigenvalue weighted by Crippen LogP contribution is -2.60. The second-order valence-electron chi connectivity index (χ2n) is 7.35. The molecule has 0 unspecified atom stereocenters. The molecule has 29 heavy (non-hydrogen) atoms. The number of likely N-dealkylation sites (tertiary alicyclic amines) is 1. The molecule has 0 radical (unpaired) electrons. The molecule has 152 valence electrons. The van der Waals surface area contributed by atoms with Gasteiger partial charge in [0, 0.05) is 31.5 Å². The number of rotatable bonds is 3. The van der Waals surface area contributed by atoms with Gasteiger partial charge in [-0.1, -0.05) is 18.2 Å². The largest absolute Gasteiger partial charge is 0.548 e. The van der Waals surface area contributed by atoms with Crippen molar-refractivity contribution in [2.75, 3.05) is 19.7 Å². The van der Waals surface area contributed by atoms with Crippen LogP contribution < -0.4 is 5.11 Å². The van der Waals surface area contributed by atoms with Gasteiger partial charge in [0.05, 0.1) is 24.9 Å². The number of carboxylic acids is 1. The van der Waals surface area contributed by atoms with Crippen LogP contribution in [0.25, 0.3) is 0 Å². The highest BCUT2D eigenvalue weighted by Crippen LogP contribution is 2.38. The lowest BCUT2D eigenvalue weighted by Gasteiger charge is -2.44. The number of carboxylic acid groups (broad SMARTS) is 1. The molecule has 1 spiro atoms. The number of carbonyl (C=O) groups excluding carboxylic acids is 3. The molecule has 4 rings (SSSR count). The standard InChI is InChI=1S/C21H22N2O6/c1-14-5-2-3-6-15(14)18(24)23-16(20(26)27)13-29-21(23)8-10-22(11-9-21)19(25)17-7-4-12-28-17/h2-7,12,16H,8-11,13H2,1H3,(H,26,27)/p-1/t16-/m1/s1. The number of benzene rings is 1. The molecule has 8 heteroatoms. The Morgan fingerprint density at radius 1 is 1.07 bits per heavy atom. The molecule has 1 aromatic carbocycles. The van der Waals surface area contributed by atoms with Gasteiger partial charge in [0.25, 0.3) is 11.8 Å².